The van der Waals surface area contributed by atoms with Crippen molar-refractivity contribution in [3.63, 3.8) is 0 Å². The molecule has 0 spiro atoms. The molecule has 1 fully saturated rings. The van der Waals surface area contributed by atoms with Crippen LogP contribution in [0.3, 0.4) is 0 Å². The van der Waals surface area contributed by atoms with Gasteiger partial charge in [0.1, 0.15) is 0 Å². The molecule has 2 aliphatic carbocycles. The molecule has 0 saturated heterocycles. The predicted molar refractivity (Wildman–Crippen MR) is 112 cm³/mol. The van der Waals surface area contributed by atoms with Gasteiger partial charge in [-0.3, -0.25) is 9.48 Å². The molecule has 0 bridgehead atoms. The Labute approximate surface area is 168 Å². The molecule has 5 heteroatoms. The van der Waals surface area contributed by atoms with Crippen LogP contribution < -0.4 is 5.32 Å². The molecule has 1 heterocycles. The normalized spacial score (nSPS) is 20.0. The Bertz CT molecular complexity index is 806. The standard InChI is InChI=1S/C23H32N4O/c1-26(2)23(28)22-20-15-19(24-18-11-7-4-8-12-18)13-14-21(20)27(25-22)16-17-9-5-3-6-10-17/h3,5-6,9-10,18-19,24H,4,7-8,11-16H2,1-2H3. The topological polar surface area (TPSA) is 50.2 Å². The quantitative estimate of drug-likeness (QED) is 0.865. The fraction of sp³-hybridized carbons (Fsp3) is 0.565. The Morgan fingerprint density at radius 2 is 1.86 bits per heavy atom. The number of amides is 1. The summed E-state index contributed by atoms with van der Waals surface area (Å²) in [5, 5.41) is 8.68. The Balaban J connectivity index is 1.58. The molecular formula is C23H32N4O. The first-order valence-electron chi connectivity index (χ1n) is 10.7. The van der Waals surface area contributed by atoms with E-state index in [-0.39, 0.29) is 5.91 Å². The van der Waals surface area contributed by atoms with Crippen molar-refractivity contribution in [2.24, 2.45) is 0 Å². The summed E-state index contributed by atoms with van der Waals surface area (Å²) in [5.74, 6) is 0.0152. The summed E-state index contributed by atoms with van der Waals surface area (Å²) in [6.07, 6.45) is 9.67. The summed E-state index contributed by atoms with van der Waals surface area (Å²) < 4.78 is 2.07. The number of rotatable bonds is 5. The summed E-state index contributed by atoms with van der Waals surface area (Å²) >= 11 is 0. The zero-order chi connectivity index (χ0) is 19.5. The van der Waals surface area contributed by atoms with Crippen LogP contribution in [-0.4, -0.2) is 46.8 Å². The molecule has 2 aromatic rings. The highest BCUT2D eigenvalue weighted by Gasteiger charge is 2.31. The molecule has 0 radical (unpaired) electrons. The highest BCUT2D eigenvalue weighted by Crippen LogP contribution is 2.28. The maximum Gasteiger partial charge on any atom is 0.274 e. The van der Waals surface area contributed by atoms with Crippen LogP contribution in [0, 0.1) is 0 Å². The van der Waals surface area contributed by atoms with Crippen molar-refractivity contribution in [1.82, 2.24) is 20.0 Å². The van der Waals surface area contributed by atoms with E-state index in [1.165, 1.54) is 43.4 Å². The van der Waals surface area contributed by atoms with E-state index in [9.17, 15) is 4.79 Å². The third-order valence-corrected chi connectivity index (χ3v) is 6.21. The van der Waals surface area contributed by atoms with Gasteiger partial charge in [-0.2, -0.15) is 5.10 Å². The van der Waals surface area contributed by atoms with Crippen LogP contribution in [0.4, 0.5) is 0 Å². The lowest BCUT2D eigenvalue weighted by Gasteiger charge is -2.31. The van der Waals surface area contributed by atoms with Crippen LogP contribution in [0.25, 0.3) is 0 Å². The predicted octanol–water partition coefficient (Wildman–Crippen LogP) is 3.41. The van der Waals surface area contributed by atoms with E-state index in [0.717, 1.165) is 31.4 Å². The highest BCUT2D eigenvalue weighted by atomic mass is 16.2. The molecule has 1 unspecified atom stereocenters. The van der Waals surface area contributed by atoms with Crippen LogP contribution in [0.15, 0.2) is 30.3 Å². The second-order valence-electron chi connectivity index (χ2n) is 8.56. The van der Waals surface area contributed by atoms with Gasteiger partial charge in [-0.25, -0.2) is 0 Å². The van der Waals surface area contributed by atoms with Crippen molar-refractivity contribution >= 4 is 5.91 Å². The molecule has 1 aromatic carbocycles. The van der Waals surface area contributed by atoms with Gasteiger partial charge in [-0.15, -0.1) is 0 Å². The summed E-state index contributed by atoms with van der Waals surface area (Å²) in [5.41, 5.74) is 4.27. The first-order valence-corrected chi connectivity index (χ1v) is 10.7. The number of nitrogens with one attached hydrogen (secondary N) is 1. The van der Waals surface area contributed by atoms with Gasteiger partial charge >= 0.3 is 0 Å². The minimum Gasteiger partial charge on any atom is -0.343 e. The second-order valence-corrected chi connectivity index (χ2v) is 8.56. The van der Waals surface area contributed by atoms with Gasteiger partial charge in [0.2, 0.25) is 0 Å². The van der Waals surface area contributed by atoms with E-state index in [1.54, 1.807) is 4.90 Å². The number of hydrogen-bond donors (Lipinski definition) is 1. The van der Waals surface area contributed by atoms with E-state index in [4.69, 9.17) is 5.10 Å². The first-order chi connectivity index (χ1) is 13.6. The monoisotopic (exact) mass is 380 g/mol. The molecule has 0 aliphatic heterocycles. The number of hydrogen-bond acceptors (Lipinski definition) is 3. The number of nitrogens with zero attached hydrogens (tertiary/aromatic N) is 3. The number of benzene rings is 1. The third kappa shape index (κ3) is 4.14. The van der Waals surface area contributed by atoms with Crippen LogP contribution >= 0.6 is 0 Å². The van der Waals surface area contributed by atoms with E-state index in [1.807, 2.05) is 20.2 Å². The van der Waals surface area contributed by atoms with Crippen LogP contribution in [-0.2, 0) is 19.4 Å². The molecule has 1 N–H and O–H groups in total. The van der Waals surface area contributed by atoms with Gasteiger partial charge in [-0.05, 0) is 37.7 Å². The van der Waals surface area contributed by atoms with Gasteiger partial charge in [0.25, 0.3) is 5.91 Å². The summed E-state index contributed by atoms with van der Waals surface area (Å²) in [6.45, 7) is 0.727. The number of carbonyl (C=O) groups excluding carboxylic acids is 1. The average Bonchev–Trinajstić information content (AvgIpc) is 3.06. The zero-order valence-corrected chi connectivity index (χ0v) is 17.2. The van der Waals surface area contributed by atoms with Crippen molar-refractivity contribution in [2.75, 3.05) is 14.1 Å². The fourth-order valence-electron chi connectivity index (χ4n) is 4.70. The molecule has 2 aliphatic rings. The van der Waals surface area contributed by atoms with Gasteiger partial charge in [0, 0.05) is 37.4 Å². The maximum absolute atomic E-state index is 12.8. The zero-order valence-electron chi connectivity index (χ0n) is 17.2. The summed E-state index contributed by atoms with van der Waals surface area (Å²) in [7, 11) is 3.62. The smallest absolute Gasteiger partial charge is 0.274 e. The minimum atomic E-state index is 0.0152. The Morgan fingerprint density at radius 3 is 2.57 bits per heavy atom. The van der Waals surface area contributed by atoms with Crippen molar-refractivity contribution in [3.05, 3.63) is 52.8 Å². The lowest BCUT2D eigenvalue weighted by molar-refractivity contribution is 0.0820. The molecule has 28 heavy (non-hydrogen) atoms. The van der Waals surface area contributed by atoms with E-state index < -0.39 is 0 Å². The third-order valence-electron chi connectivity index (χ3n) is 6.21. The first kappa shape index (κ1) is 19.2. The van der Waals surface area contributed by atoms with Gasteiger partial charge in [0.15, 0.2) is 5.69 Å². The molecule has 1 amide bonds. The molecule has 4 rings (SSSR count). The molecule has 1 aromatic heterocycles. The molecular weight excluding hydrogens is 348 g/mol. The van der Waals surface area contributed by atoms with Crippen molar-refractivity contribution in [2.45, 2.75) is 70.0 Å². The van der Waals surface area contributed by atoms with Crippen molar-refractivity contribution in [3.8, 4) is 0 Å². The van der Waals surface area contributed by atoms with Gasteiger partial charge < -0.3 is 10.2 Å². The lowest BCUT2D eigenvalue weighted by atomic mass is 9.88. The number of fused-ring (bicyclic) bond motifs is 1. The van der Waals surface area contributed by atoms with Gasteiger partial charge in [-0.1, -0.05) is 49.6 Å². The Kier molecular flexibility index (Phi) is 5.81. The van der Waals surface area contributed by atoms with Crippen LogP contribution in [0.2, 0.25) is 0 Å². The number of carbonyl (C=O) groups is 1. The number of aromatic nitrogens is 2. The minimum absolute atomic E-state index is 0.0152. The van der Waals surface area contributed by atoms with Crippen LogP contribution in [0.5, 0.6) is 0 Å². The van der Waals surface area contributed by atoms with Crippen molar-refractivity contribution in [1.29, 1.82) is 0 Å². The summed E-state index contributed by atoms with van der Waals surface area (Å²) in [4.78, 5) is 14.5. The highest BCUT2D eigenvalue weighted by molar-refractivity contribution is 5.93. The van der Waals surface area contributed by atoms with E-state index >= 15 is 0 Å². The average molecular weight is 381 g/mol. The van der Waals surface area contributed by atoms with E-state index in [0.29, 0.717) is 17.8 Å². The maximum atomic E-state index is 12.8. The second kappa shape index (κ2) is 8.48. The Hall–Kier alpha value is -2.14. The lowest BCUT2D eigenvalue weighted by Crippen LogP contribution is -2.42. The molecule has 1 atom stereocenters. The SMILES string of the molecule is CN(C)C(=O)c1nn(Cc2ccccc2)c2c1CC(NC1CCCCC1)CC2. The van der Waals surface area contributed by atoms with Crippen LogP contribution in [0.1, 0.15) is 65.8 Å². The molecule has 5 nitrogen and oxygen atoms in total. The molecule has 150 valence electrons. The van der Waals surface area contributed by atoms with Crippen molar-refractivity contribution < 1.29 is 4.79 Å². The molecule has 1 saturated carbocycles. The van der Waals surface area contributed by atoms with Gasteiger partial charge in [0.05, 0.1) is 6.54 Å². The summed E-state index contributed by atoms with van der Waals surface area (Å²) in [6, 6.07) is 11.5. The Morgan fingerprint density at radius 1 is 1.11 bits per heavy atom. The fourth-order valence-corrected chi connectivity index (χ4v) is 4.70. The van der Waals surface area contributed by atoms with E-state index in [2.05, 4.69) is 34.3 Å². The largest absolute Gasteiger partial charge is 0.343 e.